The third kappa shape index (κ3) is 1.26. The molecular formula is C7H3ClN2O2S. The van der Waals surface area contributed by atoms with Crippen LogP contribution >= 0.6 is 23.1 Å². The van der Waals surface area contributed by atoms with Crippen LogP contribution in [0.15, 0.2) is 17.5 Å². The van der Waals surface area contributed by atoms with Gasteiger partial charge in [0.05, 0.1) is 10.4 Å². The van der Waals surface area contributed by atoms with Crippen LogP contribution in [-0.4, -0.2) is 9.30 Å². The number of halogens is 1. The molecule has 1 heterocycles. The van der Waals surface area contributed by atoms with E-state index >= 15 is 0 Å². The van der Waals surface area contributed by atoms with Gasteiger partial charge in [-0.25, -0.2) is 0 Å². The zero-order valence-corrected chi connectivity index (χ0v) is 7.80. The van der Waals surface area contributed by atoms with Crippen LogP contribution in [0.5, 0.6) is 0 Å². The fourth-order valence-electron chi connectivity index (χ4n) is 1.04. The summed E-state index contributed by atoms with van der Waals surface area (Å²) < 4.78 is 4.01. The van der Waals surface area contributed by atoms with Crippen LogP contribution in [0.2, 0.25) is 5.02 Å². The summed E-state index contributed by atoms with van der Waals surface area (Å²) in [5.74, 6) is 0. The zero-order chi connectivity index (χ0) is 9.42. The molecule has 0 amide bonds. The van der Waals surface area contributed by atoms with E-state index in [0.717, 1.165) is 0 Å². The molecule has 0 spiro atoms. The number of nitro benzene ring substituents is 1. The second-order valence-corrected chi connectivity index (χ2v) is 3.41. The van der Waals surface area contributed by atoms with Gasteiger partial charge in [0.15, 0.2) is 0 Å². The SMILES string of the molecule is O=[N+]([O-])c1ccc2nscc2c1Cl. The maximum absolute atomic E-state index is 10.5. The number of nitro groups is 1. The monoisotopic (exact) mass is 214 g/mol. The van der Waals surface area contributed by atoms with Gasteiger partial charge in [0, 0.05) is 16.8 Å². The van der Waals surface area contributed by atoms with Crippen molar-refractivity contribution in [2.45, 2.75) is 0 Å². The van der Waals surface area contributed by atoms with Crippen molar-refractivity contribution in [1.29, 1.82) is 0 Å². The van der Waals surface area contributed by atoms with Crippen molar-refractivity contribution in [3.05, 3.63) is 32.6 Å². The fraction of sp³-hybridized carbons (Fsp3) is 0. The largest absolute Gasteiger partial charge is 0.288 e. The zero-order valence-electron chi connectivity index (χ0n) is 6.23. The van der Waals surface area contributed by atoms with Crippen molar-refractivity contribution in [2.75, 3.05) is 0 Å². The van der Waals surface area contributed by atoms with Crippen LogP contribution < -0.4 is 0 Å². The fourth-order valence-corrected chi connectivity index (χ4v) is 2.06. The predicted octanol–water partition coefficient (Wildman–Crippen LogP) is 2.86. The molecule has 13 heavy (non-hydrogen) atoms. The van der Waals surface area contributed by atoms with Gasteiger partial charge in [-0.05, 0) is 17.6 Å². The van der Waals surface area contributed by atoms with Crippen molar-refractivity contribution >= 4 is 39.7 Å². The van der Waals surface area contributed by atoms with Crippen molar-refractivity contribution in [1.82, 2.24) is 4.37 Å². The molecule has 0 aliphatic carbocycles. The van der Waals surface area contributed by atoms with Crippen LogP contribution in [0.25, 0.3) is 10.9 Å². The Labute approximate surface area is 82.1 Å². The normalized spacial score (nSPS) is 10.5. The molecule has 6 heteroatoms. The van der Waals surface area contributed by atoms with Crippen molar-refractivity contribution in [2.24, 2.45) is 0 Å². The summed E-state index contributed by atoms with van der Waals surface area (Å²) in [6, 6.07) is 2.96. The van der Waals surface area contributed by atoms with E-state index in [1.54, 1.807) is 11.4 Å². The summed E-state index contributed by atoms with van der Waals surface area (Å²) in [6.45, 7) is 0. The first kappa shape index (κ1) is 8.40. The standard InChI is InChI=1S/C7H3ClN2O2S/c8-7-4-3-13-9-5(4)1-2-6(7)10(11)12/h1-3H. The Morgan fingerprint density at radius 3 is 3.00 bits per heavy atom. The summed E-state index contributed by atoms with van der Waals surface area (Å²) in [7, 11) is 0. The quantitative estimate of drug-likeness (QED) is 0.542. The Kier molecular flexibility index (Phi) is 1.90. The van der Waals surface area contributed by atoms with Gasteiger partial charge in [0.1, 0.15) is 5.02 Å². The van der Waals surface area contributed by atoms with Crippen LogP contribution in [0.3, 0.4) is 0 Å². The number of rotatable bonds is 1. The van der Waals surface area contributed by atoms with Crippen LogP contribution in [-0.2, 0) is 0 Å². The first-order valence-corrected chi connectivity index (χ1v) is 4.58. The van der Waals surface area contributed by atoms with E-state index in [4.69, 9.17) is 11.6 Å². The molecule has 2 aromatic rings. The Morgan fingerprint density at radius 1 is 1.54 bits per heavy atom. The predicted molar refractivity (Wildman–Crippen MR) is 51.3 cm³/mol. The minimum absolute atomic E-state index is 0.0747. The van der Waals surface area contributed by atoms with Crippen LogP contribution in [0, 0.1) is 10.1 Å². The summed E-state index contributed by atoms with van der Waals surface area (Å²) in [5.41, 5.74) is 0.620. The van der Waals surface area contributed by atoms with Gasteiger partial charge in [-0.15, -0.1) is 0 Å². The molecular weight excluding hydrogens is 212 g/mol. The maximum Gasteiger partial charge on any atom is 0.288 e. The van der Waals surface area contributed by atoms with Gasteiger partial charge in [0.25, 0.3) is 5.69 Å². The molecule has 0 aliphatic heterocycles. The highest BCUT2D eigenvalue weighted by Crippen LogP contribution is 2.32. The first-order chi connectivity index (χ1) is 6.20. The molecule has 1 aromatic carbocycles. The molecule has 4 nitrogen and oxygen atoms in total. The lowest BCUT2D eigenvalue weighted by molar-refractivity contribution is -0.384. The molecule has 0 bridgehead atoms. The topological polar surface area (TPSA) is 56.0 Å². The Bertz CT molecular complexity index is 482. The van der Waals surface area contributed by atoms with Crippen molar-refractivity contribution in [3.63, 3.8) is 0 Å². The van der Waals surface area contributed by atoms with Crippen molar-refractivity contribution in [3.8, 4) is 0 Å². The highest BCUT2D eigenvalue weighted by molar-refractivity contribution is 7.04. The Balaban J connectivity index is 2.80. The van der Waals surface area contributed by atoms with Gasteiger partial charge in [-0.2, -0.15) is 4.37 Å². The number of fused-ring (bicyclic) bond motifs is 1. The van der Waals surface area contributed by atoms with E-state index in [1.807, 2.05) is 0 Å². The minimum atomic E-state index is -0.501. The first-order valence-electron chi connectivity index (χ1n) is 3.37. The summed E-state index contributed by atoms with van der Waals surface area (Å²) in [5, 5.41) is 13.0. The summed E-state index contributed by atoms with van der Waals surface area (Å²) in [4.78, 5) is 9.99. The molecule has 0 saturated carbocycles. The molecule has 0 radical (unpaired) electrons. The number of benzene rings is 1. The number of nitrogens with zero attached hydrogens (tertiary/aromatic N) is 2. The maximum atomic E-state index is 10.5. The van der Waals surface area contributed by atoms with Gasteiger partial charge in [0.2, 0.25) is 0 Å². The number of aromatic nitrogens is 1. The average molecular weight is 215 g/mol. The third-order valence-corrected chi connectivity index (χ3v) is 2.70. The second kappa shape index (κ2) is 2.93. The van der Waals surface area contributed by atoms with E-state index in [1.165, 1.54) is 17.6 Å². The van der Waals surface area contributed by atoms with Crippen molar-refractivity contribution < 1.29 is 4.92 Å². The van der Waals surface area contributed by atoms with Crippen LogP contribution in [0.4, 0.5) is 5.69 Å². The van der Waals surface area contributed by atoms with Gasteiger partial charge in [-0.1, -0.05) is 11.6 Å². The van der Waals surface area contributed by atoms with E-state index in [9.17, 15) is 10.1 Å². The molecule has 0 saturated heterocycles. The lowest BCUT2D eigenvalue weighted by atomic mass is 10.2. The van der Waals surface area contributed by atoms with Crippen LogP contribution in [0.1, 0.15) is 0 Å². The molecule has 2 rings (SSSR count). The second-order valence-electron chi connectivity index (χ2n) is 2.40. The highest BCUT2D eigenvalue weighted by Gasteiger charge is 2.15. The van der Waals surface area contributed by atoms with E-state index in [-0.39, 0.29) is 10.7 Å². The summed E-state index contributed by atoms with van der Waals surface area (Å²) in [6.07, 6.45) is 0. The highest BCUT2D eigenvalue weighted by atomic mass is 35.5. The third-order valence-electron chi connectivity index (χ3n) is 1.65. The van der Waals surface area contributed by atoms with Gasteiger partial charge in [-0.3, -0.25) is 10.1 Å². The molecule has 0 N–H and O–H groups in total. The molecule has 66 valence electrons. The molecule has 1 aromatic heterocycles. The molecule has 0 atom stereocenters. The minimum Gasteiger partial charge on any atom is -0.258 e. The smallest absolute Gasteiger partial charge is 0.258 e. The van der Waals surface area contributed by atoms with E-state index in [0.29, 0.717) is 10.9 Å². The van der Waals surface area contributed by atoms with E-state index < -0.39 is 4.92 Å². The number of hydrogen-bond donors (Lipinski definition) is 0. The lowest BCUT2D eigenvalue weighted by Crippen LogP contribution is -1.88. The Morgan fingerprint density at radius 2 is 2.31 bits per heavy atom. The van der Waals surface area contributed by atoms with Gasteiger partial charge < -0.3 is 0 Å². The van der Waals surface area contributed by atoms with E-state index in [2.05, 4.69) is 4.37 Å². The number of hydrogen-bond acceptors (Lipinski definition) is 4. The van der Waals surface area contributed by atoms with Gasteiger partial charge >= 0.3 is 0 Å². The Hall–Kier alpha value is -1.20. The average Bonchev–Trinajstić information content (AvgIpc) is 2.52. The molecule has 0 fully saturated rings. The summed E-state index contributed by atoms with van der Waals surface area (Å²) >= 11 is 7.03. The lowest BCUT2D eigenvalue weighted by Gasteiger charge is -1.94. The molecule has 0 aliphatic rings. The molecule has 0 unspecified atom stereocenters.